The number of amides is 3. The molecule has 0 radical (unpaired) electrons. The molecule has 0 spiro atoms. The maximum atomic E-state index is 11.8. The summed E-state index contributed by atoms with van der Waals surface area (Å²) in [5.74, 6) is 0. The topological polar surface area (TPSA) is 78.9 Å². The molecule has 0 aliphatic heterocycles. The van der Waals surface area contributed by atoms with E-state index in [1.165, 1.54) is 5.48 Å². The minimum atomic E-state index is -0.789. The average Bonchev–Trinajstić information content (AvgIpc) is 3.14. The predicted octanol–water partition coefficient (Wildman–Crippen LogP) is 2.02. The Morgan fingerprint density at radius 2 is 1.76 bits per heavy atom. The molecule has 0 aromatic carbocycles. The molecule has 2 rings (SSSR count). The van der Waals surface area contributed by atoms with Gasteiger partial charge >= 0.3 is 12.1 Å². The van der Waals surface area contributed by atoms with Crippen molar-refractivity contribution in [2.75, 3.05) is 0 Å². The van der Waals surface area contributed by atoms with Crippen molar-refractivity contribution in [1.29, 1.82) is 0 Å². The number of rotatable bonds is 2. The molecule has 2 fully saturated rings. The van der Waals surface area contributed by atoms with Gasteiger partial charge < -0.3 is 4.74 Å². The SMILES string of the molecule is O=C(NO)N(C(=O)OC1CC1)C1CCCCC1. The van der Waals surface area contributed by atoms with Crippen molar-refractivity contribution in [2.45, 2.75) is 57.1 Å². The van der Waals surface area contributed by atoms with Gasteiger partial charge in [-0.15, -0.1) is 0 Å². The third-order valence-electron chi connectivity index (χ3n) is 3.24. The van der Waals surface area contributed by atoms with E-state index in [0.717, 1.165) is 49.8 Å². The van der Waals surface area contributed by atoms with Gasteiger partial charge in [0.05, 0.1) is 0 Å². The van der Waals surface area contributed by atoms with E-state index in [4.69, 9.17) is 9.94 Å². The molecule has 0 bridgehead atoms. The Hall–Kier alpha value is -1.30. The summed E-state index contributed by atoms with van der Waals surface area (Å²) in [6, 6.07) is -0.940. The van der Waals surface area contributed by atoms with Gasteiger partial charge in [-0.1, -0.05) is 19.3 Å². The van der Waals surface area contributed by atoms with Crippen molar-refractivity contribution in [3.05, 3.63) is 0 Å². The van der Waals surface area contributed by atoms with Gasteiger partial charge in [-0.3, -0.25) is 5.21 Å². The largest absolute Gasteiger partial charge is 0.446 e. The lowest BCUT2D eigenvalue weighted by Crippen LogP contribution is -2.49. The van der Waals surface area contributed by atoms with E-state index in [9.17, 15) is 9.59 Å². The first kappa shape index (κ1) is 12.2. The second kappa shape index (κ2) is 5.35. The zero-order chi connectivity index (χ0) is 12.3. The van der Waals surface area contributed by atoms with E-state index in [-0.39, 0.29) is 12.1 Å². The first-order valence-corrected chi connectivity index (χ1v) is 6.16. The summed E-state index contributed by atoms with van der Waals surface area (Å²) in [4.78, 5) is 24.4. The first-order valence-electron chi connectivity index (χ1n) is 6.16. The summed E-state index contributed by atoms with van der Waals surface area (Å²) in [5, 5.41) is 8.69. The average molecular weight is 242 g/mol. The van der Waals surface area contributed by atoms with Crippen LogP contribution < -0.4 is 5.48 Å². The van der Waals surface area contributed by atoms with Gasteiger partial charge in [0.15, 0.2) is 0 Å². The van der Waals surface area contributed by atoms with E-state index in [0.29, 0.717) is 0 Å². The standard InChI is InChI=1S/C11H18N2O4/c14-10(12-16)13(8-4-2-1-3-5-8)11(15)17-9-6-7-9/h8-9,16H,1-7H2,(H,12,14). The van der Waals surface area contributed by atoms with Crippen molar-refractivity contribution in [1.82, 2.24) is 10.4 Å². The molecule has 0 unspecified atom stereocenters. The molecule has 96 valence electrons. The minimum absolute atomic E-state index is 0.0416. The van der Waals surface area contributed by atoms with Crippen molar-refractivity contribution in [3.8, 4) is 0 Å². The number of nitrogens with one attached hydrogen (secondary N) is 1. The van der Waals surface area contributed by atoms with Crippen LogP contribution >= 0.6 is 0 Å². The van der Waals surface area contributed by atoms with Crippen LogP contribution in [0.1, 0.15) is 44.9 Å². The molecule has 17 heavy (non-hydrogen) atoms. The number of urea groups is 1. The van der Waals surface area contributed by atoms with E-state index in [1.807, 2.05) is 0 Å². The van der Waals surface area contributed by atoms with Crippen LogP contribution in [0, 0.1) is 0 Å². The fourth-order valence-electron chi connectivity index (χ4n) is 2.18. The Morgan fingerprint density at radius 1 is 1.12 bits per heavy atom. The highest BCUT2D eigenvalue weighted by atomic mass is 16.6. The summed E-state index contributed by atoms with van der Waals surface area (Å²) in [7, 11) is 0. The molecule has 2 N–H and O–H groups in total. The minimum Gasteiger partial charge on any atom is -0.446 e. The van der Waals surface area contributed by atoms with Crippen LogP contribution in [0.3, 0.4) is 0 Å². The Bertz CT molecular complexity index is 298. The number of hydrogen-bond acceptors (Lipinski definition) is 4. The van der Waals surface area contributed by atoms with Gasteiger partial charge in [0.25, 0.3) is 0 Å². The lowest BCUT2D eigenvalue weighted by Gasteiger charge is -2.31. The van der Waals surface area contributed by atoms with Crippen LogP contribution in [0.5, 0.6) is 0 Å². The normalized spacial score (nSPS) is 20.8. The number of hydroxylamine groups is 1. The van der Waals surface area contributed by atoms with Crippen molar-refractivity contribution < 1.29 is 19.5 Å². The quantitative estimate of drug-likeness (QED) is 0.573. The van der Waals surface area contributed by atoms with Crippen molar-refractivity contribution in [2.24, 2.45) is 0 Å². The van der Waals surface area contributed by atoms with E-state index < -0.39 is 12.1 Å². The molecule has 0 heterocycles. The van der Waals surface area contributed by atoms with E-state index in [2.05, 4.69) is 0 Å². The van der Waals surface area contributed by atoms with Gasteiger partial charge in [0, 0.05) is 6.04 Å². The van der Waals surface area contributed by atoms with Crippen LogP contribution in [0.25, 0.3) is 0 Å². The van der Waals surface area contributed by atoms with Crippen LogP contribution in [-0.4, -0.2) is 34.4 Å². The second-order valence-corrected chi connectivity index (χ2v) is 4.66. The second-order valence-electron chi connectivity index (χ2n) is 4.66. The van der Waals surface area contributed by atoms with Crippen LogP contribution in [0.15, 0.2) is 0 Å². The molecule has 6 nitrogen and oxygen atoms in total. The van der Waals surface area contributed by atoms with Gasteiger partial charge in [0.2, 0.25) is 0 Å². The molecular weight excluding hydrogens is 224 g/mol. The van der Waals surface area contributed by atoms with Gasteiger partial charge in [-0.05, 0) is 25.7 Å². The number of carbonyl (C=O) groups is 2. The third-order valence-corrected chi connectivity index (χ3v) is 3.24. The van der Waals surface area contributed by atoms with Gasteiger partial charge in [-0.2, -0.15) is 0 Å². The molecule has 3 amide bonds. The number of hydrogen-bond donors (Lipinski definition) is 2. The third kappa shape index (κ3) is 3.09. The van der Waals surface area contributed by atoms with Crippen molar-refractivity contribution in [3.63, 3.8) is 0 Å². The Morgan fingerprint density at radius 3 is 2.29 bits per heavy atom. The summed E-state index contributed by atoms with van der Waals surface area (Å²) >= 11 is 0. The van der Waals surface area contributed by atoms with Gasteiger partial charge in [0.1, 0.15) is 6.10 Å². The molecule has 0 aromatic rings. The van der Waals surface area contributed by atoms with Crippen LogP contribution in [-0.2, 0) is 4.74 Å². The Kier molecular flexibility index (Phi) is 3.83. The monoisotopic (exact) mass is 242 g/mol. The zero-order valence-corrected chi connectivity index (χ0v) is 9.72. The van der Waals surface area contributed by atoms with Crippen molar-refractivity contribution >= 4 is 12.1 Å². The van der Waals surface area contributed by atoms with Crippen LogP contribution in [0.4, 0.5) is 9.59 Å². The van der Waals surface area contributed by atoms with E-state index >= 15 is 0 Å². The molecule has 2 aliphatic carbocycles. The zero-order valence-electron chi connectivity index (χ0n) is 9.72. The lowest BCUT2D eigenvalue weighted by atomic mass is 9.94. The molecule has 2 saturated carbocycles. The summed E-state index contributed by atoms with van der Waals surface area (Å²) in [6.07, 6.45) is 5.75. The highest BCUT2D eigenvalue weighted by Crippen LogP contribution is 2.27. The number of ether oxygens (including phenoxy) is 1. The maximum absolute atomic E-state index is 11.8. The summed E-state index contributed by atoms with van der Waals surface area (Å²) < 4.78 is 5.11. The smallest absolute Gasteiger partial charge is 0.418 e. The van der Waals surface area contributed by atoms with Gasteiger partial charge in [-0.25, -0.2) is 20.0 Å². The number of imide groups is 1. The molecule has 0 atom stereocenters. The fraction of sp³-hybridized carbons (Fsp3) is 0.818. The highest BCUT2D eigenvalue weighted by molar-refractivity contribution is 5.90. The Labute approximate surface area is 99.9 Å². The van der Waals surface area contributed by atoms with E-state index in [1.54, 1.807) is 0 Å². The molecular formula is C11H18N2O4. The first-order chi connectivity index (χ1) is 8.22. The molecule has 0 saturated heterocycles. The maximum Gasteiger partial charge on any atom is 0.418 e. The highest BCUT2D eigenvalue weighted by Gasteiger charge is 2.35. The summed E-state index contributed by atoms with van der Waals surface area (Å²) in [6.45, 7) is 0. The Balaban J connectivity index is 1.99. The number of nitrogens with zero attached hydrogens (tertiary/aromatic N) is 1. The molecule has 6 heteroatoms. The predicted molar refractivity (Wildman–Crippen MR) is 58.5 cm³/mol. The summed E-state index contributed by atoms with van der Waals surface area (Å²) in [5.41, 5.74) is 1.52. The molecule has 0 aromatic heterocycles. The fourth-order valence-corrected chi connectivity index (χ4v) is 2.18. The molecule has 2 aliphatic rings. The number of carbonyl (C=O) groups excluding carboxylic acids is 2. The van der Waals surface area contributed by atoms with Crippen LogP contribution in [0.2, 0.25) is 0 Å². The lowest BCUT2D eigenvalue weighted by molar-refractivity contribution is 0.0690.